The molecule has 5 heteroatoms. The Labute approximate surface area is 149 Å². The van der Waals surface area contributed by atoms with Gasteiger partial charge in [-0.2, -0.15) is 0 Å². The fraction of sp³-hybridized carbons (Fsp3) is 0.750. The number of esters is 1. The Morgan fingerprint density at radius 1 is 1.32 bits per heavy atom. The summed E-state index contributed by atoms with van der Waals surface area (Å²) in [5, 5.41) is 30.4. The Balaban J connectivity index is 1.89. The standard InChI is InChI=1S/C20H30O5/c1-12-4-7-16-19(2,9-8-17(23)20(16,3)11-21)14(12)6-5-13-15(22)10-25-18(13)24/h5,14-17,21-23H,1,4,6-11H2,2-3H3/t14-,15?,16?,17?,19+,20?/m1/s1. The number of rotatable bonds is 3. The van der Waals surface area contributed by atoms with Gasteiger partial charge >= 0.3 is 5.97 Å². The zero-order valence-corrected chi connectivity index (χ0v) is 15.2. The van der Waals surface area contributed by atoms with E-state index in [9.17, 15) is 20.1 Å². The average Bonchev–Trinajstić information content (AvgIpc) is 2.89. The van der Waals surface area contributed by atoms with Gasteiger partial charge in [0.25, 0.3) is 0 Å². The van der Waals surface area contributed by atoms with Crippen LogP contribution in [-0.2, 0) is 9.53 Å². The van der Waals surface area contributed by atoms with Crippen molar-refractivity contribution >= 4 is 5.97 Å². The molecule has 140 valence electrons. The predicted molar refractivity (Wildman–Crippen MR) is 93.6 cm³/mol. The zero-order chi connectivity index (χ0) is 18.4. The number of fused-ring (bicyclic) bond motifs is 1. The van der Waals surface area contributed by atoms with Crippen molar-refractivity contribution in [2.45, 2.75) is 58.2 Å². The van der Waals surface area contributed by atoms with Gasteiger partial charge in [0.15, 0.2) is 0 Å². The lowest BCUT2D eigenvalue weighted by Gasteiger charge is -2.59. The van der Waals surface area contributed by atoms with Gasteiger partial charge in [0.1, 0.15) is 12.7 Å². The molecular weight excluding hydrogens is 320 g/mol. The topological polar surface area (TPSA) is 87.0 Å². The van der Waals surface area contributed by atoms with Gasteiger partial charge in [0.2, 0.25) is 0 Å². The monoisotopic (exact) mass is 350 g/mol. The quantitative estimate of drug-likeness (QED) is 0.411. The lowest BCUT2D eigenvalue weighted by molar-refractivity contribution is -0.151. The molecule has 0 aromatic heterocycles. The predicted octanol–water partition coefficient (Wildman–Crippen LogP) is 1.96. The van der Waals surface area contributed by atoms with Crippen LogP contribution >= 0.6 is 0 Å². The number of hydrogen-bond acceptors (Lipinski definition) is 5. The van der Waals surface area contributed by atoms with Crippen molar-refractivity contribution in [2.24, 2.45) is 22.7 Å². The third-order valence-corrected chi connectivity index (χ3v) is 7.23. The molecule has 6 atom stereocenters. The van der Waals surface area contributed by atoms with E-state index in [1.807, 2.05) is 13.0 Å². The van der Waals surface area contributed by atoms with Crippen LogP contribution in [-0.4, -0.2) is 46.7 Å². The first-order valence-electron chi connectivity index (χ1n) is 9.26. The van der Waals surface area contributed by atoms with Crippen LogP contribution in [0.5, 0.6) is 0 Å². The second-order valence-corrected chi connectivity index (χ2v) is 8.54. The summed E-state index contributed by atoms with van der Waals surface area (Å²) >= 11 is 0. The van der Waals surface area contributed by atoms with Crippen LogP contribution in [0.15, 0.2) is 23.8 Å². The lowest BCUT2D eigenvalue weighted by Crippen LogP contribution is -2.57. The van der Waals surface area contributed by atoms with E-state index in [1.165, 1.54) is 0 Å². The number of aliphatic hydroxyl groups is 3. The molecular formula is C20H30O5. The fourth-order valence-electron chi connectivity index (χ4n) is 5.56. The minimum Gasteiger partial charge on any atom is -0.459 e. The van der Waals surface area contributed by atoms with E-state index in [2.05, 4.69) is 13.5 Å². The highest BCUT2D eigenvalue weighted by atomic mass is 16.6. The molecule has 5 nitrogen and oxygen atoms in total. The van der Waals surface area contributed by atoms with Crippen molar-refractivity contribution in [1.82, 2.24) is 0 Å². The molecule has 0 aromatic rings. The molecule has 4 unspecified atom stereocenters. The second kappa shape index (κ2) is 6.53. The van der Waals surface area contributed by atoms with Crippen LogP contribution in [0.3, 0.4) is 0 Å². The fourth-order valence-corrected chi connectivity index (χ4v) is 5.56. The van der Waals surface area contributed by atoms with Crippen LogP contribution in [0.1, 0.15) is 46.0 Å². The molecule has 0 spiro atoms. The van der Waals surface area contributed by atoms with Crippen LogP contribution in [0, 0.1) is 22.7 Å². The van der Waals surface area contributed by atoms with Gasteiger partial charge in [0.05, 0.1) is 18.3 Å². The van der Waals surface area contributed by atoms with E-state index in [4.69, 9.17) is 4.74 Å². The minimum absolute atomic E-state index is 0.0280. The Hall–Kier alpha value is -1.17. The third kappa shape index (κ3) is 2.86. The van der Waals surface area contributed by atoms with Crippen molar-refractivity contribution in [3.8, 4) is 0 Å². The summed E-state index contributed by atoms with van der Waals surface area (Å²) in [5.74, 6) is -0.0734. The summed E-state index contributed by atoms with van der Waals surface area (Å²) < 4.78 is 4.90. The molecule has 2 saturated carbocycles. The molecule has 3 N–H and O–H groups in total. The van der Waals surface area contributed by atoms with Gasteiger partial charge in [-0.3, -0.25) is 0 Å². The molecule has 1 saturated heterocycles. The molecule has 1 heterocycles. The van der Waals surface area contributed by atoms with Crippen LogP contribution in [0.2, 0.25) is 0 Å². The third-order valence-electron chi connectivity index (χ3n) is 7.23. The largest absolute Gasteiger partial charge is 0.459 e. The van der Waals surface area contributed by atoms with E-state index in [-0.39, 0.29) is 30.5 Å². The maximum Gasteiger partial charge on any atom is 0.336 e. The molecule has 3 aliphatic rings. The number of carbonyl (C=O) groups excluding carboxylic acids is 1. The molecule has 3 rings (SSSR count). The molecule has 0 amide bonds. The first-order chi connectivity index (χ1) is 11.7. The SMILES string of the molecule is C=C1CCC2C(C)(CO)C(O)CC[C@@]2(C)[C@@H]1CC=C1C(=O)OCC1O. The van der Waals surface area contributed by atoms with E-state index < -0.39 is 23.6 Å². The number of hydrogen-bond donors (Lipinski definition) is 3. The number of cyclic esters (lactones) is 1. The Morgan fingerprint density at radius 3 is 2.64 bits per heavy atom. The van der Waals surface area contributed by atoms with Gasteiger partial charge in [-0.05, 0) is 49.4 Å². The smallest absolute Gasteiger partial charge is 0.336 e. The van der Waals surface area contributed by atoms with Gasteiger partial charge in [-0.25, -0.2) is 4.79 Å². The summed E-state index contributed by atoms with van der Waals surface area (Å²) in [4.78, 5) is 11.8. The second-order valence-electron chi connectivity index (χ2n) is 8.54. The molecule has 0 radical (unpaired) electrons. The first-order valence-corrected chi connectivity index (χ1v) is 9.26. The van der Waals surface area contributed by atoms with Crippen LogP contribution in [0.25, 0.3) is 0 Å². The number of aliphatic hydroxyl groups excluding tert-OH is 3. The van der Waals surface area contributed by atoms with E-state index in [0.29, 0.717) is 18.4 Å². The van der Waals surface area contributed by atoms with Crippen LogP contribution in [0.4, 0.5) is 0 Å². The number of allylic oxidation sites excluding steroid dienone is 2. The first kappa shape index (κ1) is 18.6. The van der Waals surface area contributed by atoms with Crippen molar-refractivity contribution in [3.05, 3.63) is 23.8 Å². The summed E-state index contributed by atoms with van der Waals surface area (Å²) in [6.45, 7) is 8.50. The van der Waals surface area contributed by atoms with Crippen molar-refractivity contribution in [3.63, 3.8) is 0 Å². The molecule has 0 aromatic carbocycles. The summed E-state index contributed by atoms with van der Waals surface area (Å²) in [6, 6.07) is 0. The van der Waals surface area contributed by atoms with E-state index >= 15 is 0 Å². The molecule has 2 aliphatic carbocycles. The lowest BCUT2D eigenvalue weighted by atomic mass is 9.46. The van der Waals surface area contributed by atoms with Gasteiger partial charge < -0.3 is 20.1 Å². The molecule has 25 heavy (non-hydrogen) atoms. The van der Waals surface area contributed by atoms with Gasteiger partial charge in [0, 0.05) is 5.41 Å². The maximum atomic E-state index is 11.8. The maximum absolute atomic E-state index is 11.8. The van der Waals surface area contributed by atoms with Gasteiger partial charge in [-0.1, -0.05) is 32.1 Å². The molecule has 1 aliphatic heterocycles. The zero-order valence-electron chi connectivity index (χ0n) is 15.2. The van der Waals surface area contributed by atoms with Crippen LogP contribution < -0.4 is 0 Å². The van der Waals surface area contributed by atoms with E-state index in [1.54, 1.807) is 0 Å². The van der Waals surface area contributed by atoms with Crippen molar-refractivity contribution < 1.29 is 24.9 Å². The average molecular weight is 350 g/mol. The molecule has 3 fully saturated rings. The summed E-state index contributed by atoms with van der Waals surface area (Å²) in [5.41, 5.74) is 0.911. The normalized spacial score (nSPS) is 46.2. The van der Waals surface area contributed by atoms with Crippen molar-refractivity contribution in [2.75, 3.05) is 13.2 Å². The highest BCUT2D eigenvalue weighted by molar-refractivity contribution is 5.91. The Morgan fingerprint density at radius 2 is 2.04 bits per heavy atom. The summed E-state index contributed by atoms with van der Waals surface area (Å²) in [6.07, 6.45) is 4.42. The Bertz CT molecular complexity index is 597. The molecule has 0 bridgehead atoms. The van der Waals surface area contributed by atoms with E-state index in [0.717, 1.165) is 24.8 Å². The number of ether oxygens (including phenoxy) is 1. The Kier molecular flexibility index (Phi) is 4.86. The minimum atomic E-state index is -0.844. The number of carbonyl (C=O) groups is 1. The van der Waals surface area contributed by atoms with Crippen molar-refractivity contribution in [1.29, 1.82) is 0 Å². The van der Waals surface area contributed by atoms with Gasteiger partial charge in [-0.15, -0.1) is 0 Å². The highest BCUT2D eigenvalue weighted by Crippen LogP contribution is 2.61. The highest BCUT2D eigenvalue weighted by Gasteiger charge is 2.57. The summed E-state index contributed by atoms with van der Waals surface area (Å²) in [7, 11) is 0.